The van der Waals surface area contributed by atoms with Crippen molar-refractivity contribution in [2.75, 3.05) is 18.2 Å². The third kappa shape index (κ3) is 7.85. The van der Waals surface area contributed by atoms with E-state index in [-0.39, 0.29) is 24.4 Å². The predicted octanol–water partition coefficient (Wildman–Crippen LogP) is 5.10. The maximum atomic E-state index is 13.6. The first kappa shape index (κ1) is 28.7. The smallest absolute Gasteiger partial charge is 0.363 e. The van der Waals surface area contributed by atoms with E-state index in [4.69, 9.17) is 10.6 Å². The van der Waals surface area contributed by atoms with Crippen LogP contribution in [0.25, 0.3) is 0 Å². The minimum Gasteiger partial charge on any atom is -0.390 e. The molecule has 1 heterocycles. The van der Waals surface area contributed by atoms with Gasteiger partial charge >= 0.3 is 5.97 Å². The van der Waals surface area contributed by atoms with Gasteiger partial charge in [-0.1, -0.05) is 51.1 Å². The highest BCUT2D eigenvalue weighted by Crippen LogP contribution is 2.36. The summed E-state index contributed by atoms with van der Waals surface area (Å²) in [5, 5.41) is 15.8. The molecule has 0 radical (unpaired) electrons. The van der Waals surface area contributed by atoms with Gasteiger partial charge in [0.1, 0.15) is 11.6 Å². The molecule has 1 unspecified atom stereocenters. The first-order valence-corrected chi connectivity index (χ1v) is 13.3. The van der Waals surface area contributed by atoms with Crippen LogP contribution in [0.3, 0.4) is 0 Å². The number of hydroxylamine groups is 1. The largest absolute Gasteiger partial charge is 0.390 e. The molecule has 0 aromatic heterocycles. The van der Waals surface area contributed by atoms with Crippen LogP contribution in [0.4, 0.5) is 14.5 Å². The van der Waals surface area contributed by atoms with Gasteiger partial charge in [0.2, 0.25) is 0 Å². The Labute approximate surface area is 228 Å². The van der Waals surface area contributed by atoms with Gasteiger partial charge in [0.15, 0.2) is 0 Å². The molecule has 208 valence electrons. The Morgan fingerprint density at radius 1 is 1.08 bits per heavy atom. The Kier molecular flexibility index (Phi) is 9.00. The summed E-state index contributed by atoms with van der Waals surface area (Å²) in [6.07, 6.45) is 0.698. The van der Waals surface area contributed by atoms with E-state index < -0.39 is 29.7 Å². The van der Waals surface area contributed by atoms with E-state index in [2.05, 4.69) is 38.2 Å². The van der Waals surface area contributed by atoms with E-state index >= 15 is 0 Å². The quantitative estimate of drug-likeness (QED) is 0.352. The third-order valence-corrected chi connectivity index (χ3v) is 6.76. The Morgan fingerprint density at radius 2 is 1.77 bits per heavy atom. The van der Waals surface area contributed by atoms with Crippen molar-refractivity contribution in [2.24, 2.45) is 11.1 Å². The maximum Gasteiger partial charge on any atom is 0.363 e. The molecule has 0 amide bonds. The van der Waals surface area contributed by atoms with Crippen LogP contribution >= 0.6 is 0 Å². The Balaban J connectivity index is 1.48. The van der Waals surface area contributed by atoms with Gasteiger partial charge in [-0.25, -0.2) is 18.6 Å². The van der Waals surface area contributed by atoms with E-state index in [1.807, 2.05) is 12.1 Å². The molecule has 0 spiro atoms. The van der Waals surface area contributed by atoms with Crippen LogP contribution in [0, 0.1) is 17.0 Å². The Morgan fingerprint density at radius 3 is 2.44 bits per heavy atom. The van der Waals surface area contributed by atoms with Crippen LogP contribution < -0.4 is 16.1 Å². The van der Waals surface area contributed by atoms with Gasteiger partial charge in [-0.15, -0.1) is 0 Å². The molecule has 0 bridgehead atoms. The molecule has 4 rings (SSSR count). The standard InChI is InChI=1S/C31H37F2N3O3/c1-31(2,3)18-20-9-10-28-25(15-20)27(11-12-36(28)39-30(38)22-7-5-4-6-8-22)35-19-29(37)26(34)16-21-13-23(32)17-24(33)14-21/h4-10,13-15,17,26-27,29,35,37H,11-12,16,18-19,34H2,1-3H3/t26-,27?,29+/m0/s1. The van der Waals surface area contributed by atoms with Crippen molar-refractivity contribution in [3.8, 4) is 0 Å². The van der Waals surface area contributed by atoms with E-state index in [9.17, 15) is 18.7 Å². The Bertz CT molecular complexity index is 1260. The number of aliphatic hydroxyl groups is 1. The third-order valence-electron chi connectivity index (χ3n) is 6.76. The van der Waals surface area contributed by atoms with Crippen molar-refractivity contribution in [3.63, 3.8) is 0 Å². The summed E-state index contributed by atoms with van der Waals surface area (Å²) in [6.45, 7) is 7.19. The van der Waals surface area contributed by atoms with Gasteiger partial charge in [-0.3, -0.25) is 0 Å². The van der Waals surface area contributed by atoms with Gasteiger partial charge in [-0.05, 0) is 71.7 Å². The van der Waals surface area contributed by atoms with Gasteiger partial charge in [-0.2, -0.15) is 0 Å². The number of aliphatic hydroxyl groups excluding tert-OH is 1. The number of benzene rings is 3. The molecular weight excluding hydrogens is 500 g/mol. The fourth-order valence-electron chi connectivity index (χ4n) is 4.94. The number of hydrogen-bond acceptors (Lipinski definition) is 6. The van der Waals surface area contributed by atoms with E-state index in [1.165, 1.54) is 12.1 Å². The lowest BCUT2D eigenvalue weighted by Gasteiger charge is -2.35. The number of rotatable bonds is 9. The molecule has 3 atom stereocenters. The first-order chi connectivity index (χ1) is 18.5. The second-order valence-electron chi connectivity index (χ2n) is 11.4. The predicted molar refractivity (Wildman–Crippen MR) is 148 cm³/mol. The lowest BCUT2D eigenvalue weighted by atomic mass is 9.86. The summed E-state index contributed by atoms with van der Waals surface area (Å²) < 4.78 is 27.1. The summed E-state index contributed by atoms with van der Waals surface area (Å²) in [4.78, 5) is 18.5. The molecule has 39 heavy (non-hydrogen) atoms. The lowest BCUT2D eigenvalue weighted by molar-refractivity contribution is 0.0435. The molecule has 4 N–H and O–H groups in total. The van der Waals surface area contributed by atoms with Crippen molar-refractivity contribution in [1.82, 2.24) is 5.32 Å². The molecule has 3 aromatic carbocycles. The lowest BCUT2D eigenvalue weighted by Crippen LogP contribution is -2.45. The van der Waals surface area contributed by atoms with Crippen LogP contribution in [0.2, 0.25) is 0 Å². The highest BCUT2D eigenvalue weighted by atomic mass is 19.1. The van der Waals surface area contributed by atoms with Crippen LogP contribution in [0.5, 0.6) is 0 Å². The van der Waals surface area contributed by atoms with Crippen molar-refractivity contribution >= 4 is 11.7 Å². The normalized spacial score (nSPS) is 16.9. The van der Waals surface area contributed by atoms with E-state index in [0.717, 1.165) is 29.3 Å². The molecule has 0 aliphatic carbocycles. The number of nitrogens with zero attached hydrogens (tertiary/aromatic N) is 1. The zero-order valence-corrected chi connectivity index (χ0v) is 22.7. The molecule has 0 saturated heterocycles. The van der Waals surface area contributed by atoms with Crippen molar-refractivity contribution in [3.05, 3.63) is 101 Å². The topological polar surface area (TPSA) is 87.8 Å². The Hall–Kier alpha value is -3.33. The van der Waals surface area contributed by atoms with Gasteiger partial charge in [0.25, 0.3) is 0 Å². The van der Waals surface area contributed by atoms with Crippen LogP contribution in [0.1, 0.15) is 60.3 Å². The number of halogens is 2. The SMILES string of the molecule is CC(C)(C)Cc1ccc2c(c1)C(NC[C@@H](O)[C@@H](N)Cc1cc(F)cc(F)c1)CCN2OC(=O)c1ccccc1. The van der Waals surface area contributed by atoms with E-state index in [0.29, 0.717) is 24.1 Å². The maximum absolute atomic E-state index is 13.6. The fourth-order valence-corrected chi connectivity index (χ4v) is 4.94. The molecule has 1 aliphatic heterocycles. The monoisotopic (exact) mass is 537 g/mol. The van der Waals surface area contributed by atoms with Gasteiger partial charge in [0.05, 0.1) is 23.9 Å². The number of anilines is 1. The number of carbonyl (C=O) groups is 1. The molecule has 0 fully saturated rings. The number of carbonyl (C=O) groups excluding carboxylic acids is 1. The summed E-state index contributed by atoms with van der Waals surface area (Å²) in [6, 6.07) is 17.5. The number of nitrogens with two attached hydrogens (primary N) is 1. The highest BCUT2D eigenvalue weighted by Gasteiger charge is 2.29. The number of nitrogens with one attached hydrogen (secondary N) is 1. The zero-order valence-electron chi connectivity index (χ0n) is 22.7. The average Bonchev–Trinajstić information content (AvgIpc) is 2.86. The minimum absolute atomic E-state index is 0.0879. The fraction of sp³-hybridized carbons (Fsp3) is 0.387. The zero-order chi connectivity index (χ0) is 28.2. The van der Waals surface area contributed by atoms with Gasteiger partial charge in [0, 0.05) is 24.7 Å². The molecule has 0 saturated carbocycles. The second-order valence-corrected chi connectivity index (χ2v) is 11.4. The summed E-state index contributed by atoms with van der Waals surface area (Å²) >= 11 is 0. The molecule has 1 aliphatic rings. The summed E-state index contributed by atoms with van der Waals surface area (Å²) in [5.74, 6) is -1.78. The van der Waals surface area contributed by atoms with Gasteiger partial charge < -0.3 is 21.0 Å². The molecular formula is C31H37F2N3O3. The van der Waals surface area contributed by atoms with Crippen LogP contribution in [-0.2, 0) is 17.7 Å². The molecule has 8 heteroatoms. The van der Waals surface area contributed by atoms with Crippen molar-refractivity contribution < 1.29 is 23.5 Å². The van der Waals surface area contributed by atoms with Crippen molar-refractivity contribution in [2.45, 2.75) is 58.2 Å². The molecule has 3 aromatic rings. The van der Waals surface area contributed by atoms with Crippen molar-refractivity contribution in [1.29, 1.82) is 0 Å². The summed E-state index contributed by atoms with van der Waals surface area (Å²) in [7, 11) is 0. The van der Waals surface area contributed by atoms with E-state index in [1.54, 1.807) is 29.3 Å². The van der Waals surface area contributed by atoms with Crippen LogP contribution in [-0.4, -0.2) is 36.3 Å². The number of hydrogen-bond donors (Lipinski definition) is 3. The second kappa shape index (κ2) is 12.2. The average molecular weight is 538 g/mol. The first-order valence-electron chi connectivity index (χ1n) is 13.3. The highest BCUT2D eigenvalue weighted by molar-refractivity contribution is 5.90. The molecule has 6 nitrogen and oxygen atoms in total. The summed E-state index contributed by atoms with van der Waals surface area (Å²) in [5.41, 5.74) is 10.1. The van der Waals surface area contributed by atoms with Crippen LogP contribution in [0.15, 0.2) is 66.7 Å². The number of fused-ring (bicyclic) bond motifs is 1. The minimum atomic E-state index is -0.938.